The van der Waals surface area contributed by atoms with Crippen molar-refractivity contribution in [2.75, 3.05) is 5.32 Å². The molecule has 0 bridgehead atoms. The van der Waals surface area contributed by atoms with Crippen LogP contribution in [0.4, 0.5) is 5.69 Å². The van der Waals surface area contributed by atoms with Gasteiger partial charge in [0, 0.05) is 22.7 Å². The molecule has 3 heterocycles. The van der Waals surface area contributed by atoms with Gasteiger partial charge in [-0.15, -0.1) is 0 Å². The first-order valence-corrected chi connectivity index (χ1v) is 10.7. The molecule has 0 spiro atoms. The summed E-state index contributed by atoms with van der Waals surface area (Å²) in [4.78, 5) is 31.6. The standard InChI is InChI=1S/C24H24N4O4/c1-11-9-16(22-17(10-11)20(29)13(3)21(31-22)15-6-7-15)14(4)26-18-8-5-12(2)25-19(18)23-27-24(30)32-28-23/h5,8-10,14-15,26H,6-7H2,1-4H3,(H,27,28,30)/t14-/m1/s1. The maximum Gasteiger partial charge on any atom is 0.439 e. The molecule has 1 aliphatic carbocycles. The van der Waals surface area contributed by atoms with E-state index in [-0.39, 0.29) is 17.3 Å². The zero-order valence-electron chi connectivity index (χ0n) is 18.4. The quantitative estimate of drug-likeness (QED) is 0.477. The summed E-state index contributed by atoms with van der Waals surface area (Å²) >= 11 is 0. The molecule has 5 rings (SSSR count). The Kier molecular flexibility index (Phi) is 4.73. The number of hydrogen-bond acceptors (Lipinski definition) is 7. The summed E-state index contributed by atoms with van der Waals surface area (Å²) in [7, 11) is 0. The number of nitrogens with one attached hydrogen (secondary N) is 2. The molecule has 1 saturated carbocycles. The first kappa shape index (κ1) is 20.2. The number of aromatic nitrogens is 3. The minimum atomic E-state index is -0.642. The molecule has 8 nitrogen and oxygen atoms in total. The van der Waals surface area contributed by atoms with Crippen molar-refractivity contribution in [2.45, 2.75) is 52.5 Å². The molecule has 0 amide bonds. The molecule has 164 valence electrons. The predicted octanol–water partition coefficient (Wildman–Crippen LogP) is 4.51. The highest BCUT2D eigenvalue weighted by atomic mass is 16.5. The molecule has 2 N–H and O–H groups in total. The molecule has 1 atom stereocenters. The average molecular weight is 432 g/mol. The molecule has 1 aromatic carbocycles. The third-order valence-electron chi connectivity index (χ3n) is 5.91. The first-order chi connectivity index (χ1) is 15.3. The fourth-order valence-corrected chi connectivity index (χ4v) is 4.14. The Hall–Kier alpha value is -3.68. The molecule has 0 aliphatic heterocycles. The maximum absolute atomic E-state index is 13.1. The number of aromatic amines is 1. The highest BCUT2D eigenvalue weighted by Crippen LogP contribution is 2.42. The Morgan fingerprint density at radius 1 is 1.16 bits per heavy atom. The fraction of sp³-hybridized carbons (Fsp3) is 0.333. The van der Waals surface area contributed by atoms with Gasteiger partial charge in [-0.2, -0.15) is 0 Å². The van der Waals surface area contributed by atoms with Crippen LogP contribution in [-0.2, 0) is 0 Å². The number of anilines is 1. The molecule has 0 unspecified atom stereocenters. The summed E-state index contributed by atoms with van der Waals surface area (Å²) in [5, 5.41) is 7.83. The van der Waals surface area contributed by atoms with Crippen molar-refractivity contribution in [3.05, 3.63) is 73.2 Å². The van der Waals surface area contributed by atoms with E-state index in [0.717, 1.165) is 35.4 Å². The second kappa shape index (κ2) is 7.47. The number of benzene rings is 1. The van der Waals surface area contributed by atoms with Gasteiger partial charge in [0.05, 0.1) is 17.1 Å². The van der Waals surface area contributed by atoms with Crippen LogP contribution < -0.4 is 16.5 Å². The molecule has 3 aromatic heterocycles. The second-order valence-corrected chi connectivity index (χ2v) is 8.58. The Balaban J connectivity index is 1.61. The van der Waals surface area contributed by atoms with E-state index in [0.29, 0.717) is 33.8 Å². The lowest BCUT2D eigenvalue weighted by Gasteiger charge is -2.20. The van der Waals surface area contributed by atoms with Crippen LogP contribution in [0.5, 0.6) is 0 Å². The predicted molar refractivity (Wildman–Crippen MR) is 121 cm³/mol. The SMILES string of the molecule is Cc1cc([C@@H](C)Nc2ccc(C)nc2-c2noc(=O)[nH]2)c2oc(C3CC3)c(C)c(=O)c2c1. The van der Waals surface area contributed by atoms with Gasteiger partial charge in [-0.3, -0.25) is 14.3 Å². The lowest BCUT2D eigenvalue weighted by Crippen LogP contribution is -2.14. The van der Waals surface area contributed by atoms with Crippen LogP contribution in [0.2, 0.25) is 0 Å². The van der Waals surface area contributed by atoms with Crippen molar-refractivity contribution in [1.29, 1.82) is 0 Å². The van der Waals surface area contributed by atoms with Crippen molar-refractivity contribution >= 4 is 16.7 Å². The molecular formula is C24H24N4O4. The van der Waals surface area contributed by atoms with Gasteiger partial charge in [0.15, 0.2) is 5.43 Å². The van der Waals surface area contributed by atoms with Crippen LogP contribution in [0.1, 0.15) is 59.9 Å². The van der Waals surface area contributed by atoms with Gasteiger partial charge in [-0.1, -0.05) is 11.2 Å². The van der Waals surface area contributed by atoms with Crippen molar-refractivity contribution in [3.63, 3.8) is 0 Å². The van der Waals surface area contributed by atoms with Gasteiger partial charge < -0.3 is 9.73 Å². The van der Waals surface area contributed by atoms with Crippen LogP contribution in [0, 0.1) is 20.8 Å². The zero-order chi connectivity index (χ0) is 22.6. The van der Waals surface area contributed by atoms with Gasteiger partial charge in [-0.05, 0) is 64.3 Å². The smallest absolute Gasteiger partial charge is 0.439 e. The molecule has 1 fully saturated rings. The molecule has 1 aliphatic rings. The van der Waals surface area contributed by atoms with Crippen molar-refractivity contribution < 1.29 is 8.94 Å². The van der Waals surface area contributed by atoms with Gasteiger partial charge in [0.25, 0.3) is 0 Å². The Bertz CT molecular complexity index is 1460. The van der Waals surface area contributed by atoms with E-state index in [4.69, 9.17) is 4.42 Å². The minimum Gasteiger partial charge on any atom is -0.460 e. The lowest BCUT2D eigenvalue weighted by molar-refractivity contribution is 0.388. The highest BCUT2D eigenvalue weighted by Gasteiger charge is 2.30. The minimum absolute atomic E-state index is 0.0307. The van der Waals surface area contributed by atoms with E-state index in [1.54, 1.807) is 0 Å². The molecule has 0 radical (unpaired) electrons. The van der Waals surface area contributed by atoms with Crippen molar-refractivity contribution in [2.24, 2.45) is 0 Å². The molecular weight excluding hydrogens is 408 g/mol. The fourth-order valence-electron chi connectivity index (χ4n) is 4.14. The van der Waals surface area contributed by atoms with Crippen molar-refractivity contribution in [1.82, 2.24) is 15.1 Å². The number of aryl methyl sites for hydroxylation is 2. The average Bonchev–Trinajstić information content (AvgIpc) is 3.51. The molecule has 8 heteroatoms. The van der Waals surface area contributed by atoms with Gasteiger partial charge >= 0.3 is 5.76 Å². The van der Waals surface area contributed by atoms with Crippen molar-refractivity contribution in [3.8, 4) is 11.5 Å². The third-order valence-corrected chi connectivity index (χ3v) is 5.91. The monoisotopic (exact) mass is 432 g/mol. The normalized spacial score (nSPS) is 14.6. The summed E-state index contributed by atoms with van der Waals surface area (Å²) in [5.41, 5.74) is 5.16. The second-order valence-electron chi connectivity index (χ2n) is 8.58. The highest BCUT2D eigenvalue weighted by molar-refractivity contribution is 5.83. The molecule has 32 heavy (non-hydrogen) atoms. The van der Waals surface area contributed by atoms with Gasteiger partial charge in [-0.25, -0.2) is 9.78 Å². The van der Waals surface area contributed by atoms with E-state index in [1.165, 1.54) is 0 Å². The number of hydrogen-bond donors (Lipinski definition) is 2. The maximum atomic E-state index is 13.1. The summed E-state index contributed by atoms with van der Waals surface area (Å²) in [5.74, 6) is 0.747. The van der Waals surface area contributed by atoms with Crippen LogP contribution >= 0.6 is 0 Å². The first-order valence-electron chi connectivity index (χ1n) is 10.7. The number of H-pyrrole nitrogens is 1. The Morgan fingerprint density at radius 3 is 2.62 bits per heavy atom. The van der Waals surface area contributed by atoms with Crippen LogP contribution in [0.3, 0.4) is 0 Å². The van der Waals surface area contributed by atoms with Crippen LogP contribution in [0.25, 0.3) is 22.5 Å². The zero-order valence-corrected chi connectivity index (χ0v) is 18.4. The van der Waals surface area contributed by atoms with E-state index in [2.05, 4.69) is 25.0 Å². The Morgan fingerprint density at radius 2 is 1.94 bits per heavy atom. The molecule has 4 aromatic rings. The summed E-state index contributed by atoms with van der Waals surface area (Å²) in [6.07, 6.45) is 2.11. The van der Waals surface area contributed by atoms with Crippen LogP contribution in [0.15, 0.2) is 42.8 Å². The van der Waals surface area contributed by atoms with Crippen LogP contribution in [-0.4, -0.2) is 15.1 Å². The van der Waals surface area contributed by atoms with E-state index in [1.807, 2.05) is 52.0 Å². The van der Waals surface area contributed by atoms with E-state index in [9.17, 15) is 9.59 Å². The lowest BCUT2D eigenvalue weighted by atomic mass is 9.99. The summed E-state index contributed by atoms with van der Waals surface area (Å²) < 4.78 is 11.0. The summed E-state index contributed by atoms with van der Waals surface area (Å²) in [6.45, 7) is 7.68. The number of rotatable bonds is 5. The largest absolute Gasteiger partial charge is 0.460 e. The summed E-state index contributed by atoms with van der Waals surface area (Å²) in [6, 6.07) is 7.47. The van der Waals surface area contributed by atoms with E-state index < -0.39 is 5.76 Å². The van der Waals surface area contributed by atoms with E-state index >= 15 is 0 Å². The topological polar surface area (TPSA) is 114 Å². The Labute approximate surface area is 183 Å². The number of fused-ring (bicyclic) bond motifs is 1. The molecule has 0 saturated heterocycles. The number of nitrogens with zero attached hydrogens (tertiary/aromatic N) is 2. The van der Waals surface area contributed by atoms with Gasteiger partial charge in [0.1, 0.15) is 17.0 Å². The third kappa shape index (κ3) is 3.51. The van der Waals surface area contributed by atoms with Gasteiger partial charge in [0.2, 0.25) is 5.82 Å². The number of pyridine rings is 1.